The van der Waals surface area contributed by atoms with Crippen LogP contribution in [0.3, 0.4) is 0 Å². The first-order valence-electron chi connectivity index (χ1n) is 9.04. The Bertz CT molecular complexity index is 466. The maximum Gasteiger partial charge on any atom is 0.224 e. The number of benzene rings is 1. The normalized spacial score (nSPS) is 16.4. The number of rotatable bonds is 9. The highest BCUT2D eigenvalue weighted by Gasteiger charge is 2.37. The summed E-state index contributed by atoms with van der Waals surface area (Å²) < 4.78 is 5.50. The summed E-state index contributed by atoms with van der Waals surface area (Å²) in [6.45, 7) is 9.83. The van der Waals surface area contributed by atoms with Crippen LogP contribution in [0.4, 0.5) is 0 Å². The average Bonchev–Trinajstić information content (AvgIpc) is 2.50. The third-order valence-corrected chi connectivity index (χ3v) is 4.78. The molecule has 1 aliphatic heterocycles. The van der Waals surface area contributed by atoms with Crippen molar-refractivity contribution in [1.82, 2.24) is 4.90 Å². The number of carbonyl (C=O) groups is 1. The molecule has 1 aromatic carbocycles. The van der Waals surface area contributed by atoms with Gasteiger partial charge in [0.25, 0.3) is 0 Å². The van der Waals surface area contributed by atoms with Gasteiger partial charge in [-0.2, -0.15) is 0 Å². The van der Waals surface area contributed by atoms with Gasteiger partial charge in [0.05, 0.1) is 13.0 Å². The minimum atomic E-state index is 0.244. The second kappa shape index (κ2) is 9.07. The molecular formula is C20H31NO2. The Morgan fingerprint density at radius 1 is 1.22 bits per heavy atom. The molecule has 2 rings (SSSR count). The van der Waals surface area contributed by atoms with Crippen LogP contribution in [0.2, 0.25) is 0 Å². The van der Waals surface area contributed by atoms with Crippen molar-refractivity contribution in [2.45, 2.75) is 46.0 Å². The highest BCUT2D eigenvalue weighted by Crippen LogP contribution is 2.37. The lowest BCUT2D eigenvalue weighted by molar-refractivity contribution is -0.139. The van der Waals surface area contributed by atoms with E-state index >= 15 is 0 Å². The fourth-order valence-corrected chi connectivity index (χ4v) is 3.49. The van der Waals surface area contributed by atoms with Crippen LogP contribution in [0.1, 0.15) is 51.5 Å². The van der Waals surface area contributed by atoms with Crippen molar-refractivity contribution in [2.75, 3.05) is 26.3 Å². The first kappa shape index (κ1) is 18.0. The van der Waals surface area contributed by atoms with Gasteiger partial charge in [0.1, 0.15) is 0 Å². The average molecular weight is 317 g/mol. The van der Waals surface area contributed by atoms with Crippen LogP contribution in [-0.4, -0.2) is 37.1 Å². The zero-order valence-corrected chi connectivity index (χ0v) is 14.8. The molecule has 23 heavy (non-hydrogen) atoms. The van der Waals surface area contributed by atoms with E-state index in [-0.39, 0.29) is 5.91 Å². The van der Waals surface area contributed by atoms with E-state index in [9.17, 15) is 4.79 Å². The van der Waals surface area contributed by atoms with Crippen molar-refractivity contribution in [3.63, 3.8) is 0 Å². The van der Waals surface area contributed by atoms with Crippen LogP contribution < -0.4 is 0 Å². The minimum Gasteiger partial charge on any atom is -0.381 e. The predicted molar refractivity (Wildman–Crippen MR) is 94.4 cm³/mol. The van der Waals surface area contributed by atoms with E-state index < -0.39 is 0 Å². The summed E-state index contributed by atoms with van der Waals surface area (Å²) >= 11 is 0. The molecule has 1 amide bonds. The Labute approximate surface area is 141 Å². The second-order valence-corrected chi connectivity index (χ2v) is 6.96. The summed E-state index contributed by atoms with van der Waals surface area (Å²) in [5.74, 6) is 1.97. The summed E-state index contributed by atoms with van der Waals surface area (Å²) in [6.07, 6.45) is 2.74. The Morgan fingerprint density at radius 2 is 1.91 bits per heavy atom. The Morgan fingerprint density at radius 3 is 2.52 bits per heavy atom. The lowest BCUT2D eigenvalue weighted by Crippen LogP contribution is -2.53. The first-order chi connectivity index (χ1) is 11.1. The predicted octanol–water partition coefficient (Wildman–Crippen LogP) is 4.09. The van der Waals surface area contributed by atoms with Gasteiger partial charge in [-0.05, 0) is 23.8 Å². The van der Waals surface area contributed by atoms with Gasteiger partial charge in [-0.1, -0.05) is 57.5 Å². The summed E-state index contributed by atoms with van der Waals surface area (Å²) in [6, 6.07) is 10.7. The molecule has 0 N–H and O–H groups in total. The van der Waals surface area contributed by atoms with Gasteiger partial charge < -0.3 is 9.64 Å². The molecule has 0 spiro atoms. The topological polar surface area (TPSA) is 29.5 Å². The van der Waals surface area contributed by atoms with Crippen molar-refractivity contribution < 1.29 is 9.53 Å². The van der Waals surface area contributed by atoms with Crippen LogP contribution in [0.5, 0.6) is 0 Å². The smallest absolute Gasteiger partial charge is 0.224 e. The molecule has 0 saturated carbocycles. The highest BCUT2D eigenvalue weighted by molar-refractivity contribution is 5.77. The van der Waals surface area contributed by atoms with Gasteiger partial charge in [0, 0.05) is 25.6 Å². The minimum absolute atomic E-state index is 0.244. The second-order valence-electron chi connectivity index (χ2n) is 6.96. The molecule has 3 heteroatoms. The van der Waals surface area contributed by atoms with Crippen LogP contribution in [0.25, 0.3) is 0 Å². The van der Waals surface area contributed by atoms with Crippen LogP contribution in [0.15, 0.2) is 30.3 Å². The van der Waals surface area contributed by atoms with Gasteiger partial charge in [-0.25, -0.2) is 0 Å². The number of likely N-dealkylation sites (tertiary alicyclic amines) is 1. The van der Waals surface area contributed by atoms with Crippen LogP contribution >= 0.6 is 0 Å². The number of unbranched alkanes of at least 4 members (excludes halogenated alkanes) is 1. The number of hydrogen-bond donors (Lipinski definition) is 0. The number of hydrogen-bond acceptors (Lipinski definition) is 2. The first-order valence-corrected chi connectivity index (χ1v) is 9.04. The molecule has 1 fully saturated rings. The number of ether oxygens (including phenoxy) is 1. The third-order valence-electron chi connectivity index (χ3n) is 4.78. The molecule has 3 nitrogen and oxygen atoms in total. The summed E-state index contributed by atoms with van der Waals surface area (Å²) in [5.41, 5.74) is 1.41. The molecule has 1 saturated heterocycles. The largest absolute Gasteiger partial charge is 0.381 e. The molecular weight excluding hydrogens is 286 g/mol. The molecule has 1 atom stereocenters. The number of amides is 1. The lowest BCUT2D eigenvalue weighted by Gasteiger charge is -2.45. The van der Waals surface area contributed by atoms with Gasteiger partial charge in [0.2, 0.25) is 5.91 Å². The zero-order valence-electron chi connectivity index (χ0n) is 14.8. The fourth-order valence-electron chi connectivity index (χ4n) is 3.49. The third kappa shape index (κ3) is 5.07. The molecule has 1 heterocycles. The lowest BCUT2D eigenvalue weighted by atomic mass is 9.74. The molecule has 128 valence electrons. The van der Waals surface area contributed by atoms with E-state index in [1.165, 1.54) is 5.56 Å². The molecule has 1 aliphatic rings. The summed E-state index contributed by atoms with van der Waals surface area (Å²) in [5, 5.41) is 0. The SMILES string of the molecule is CCCCOCCC(=O)N1CC([C@@H](c2ccccc2)C(C)C)C1. The van der Waals surface area contributed by atoms with Crippen molar-refractivity contribution in [3.05, 3.63) is 35.9 Å². The molecule has 0 aromatic heterocycles. The Hall–Kier alpha value is -1.35. The van der Waals surface area contributed by atoms with E-state index in [0.717, 1.165) is 32.5 Å². The number of nitrogens with zero attached hydrogens (tertiary/aromatic N) is 1. The van der Waals surface area contributed by atoms with Crippen LogP contribution in [-0.2, 0) is 9.53 Å². The van der Waals surface area contributed by atoms with Gasteiger partial charge in [-0.3, -0.25) is 4.79 Å². The summed E-state index contributed by atoms with van der Waals surface area (Å²) in [7, 11) is 0. The van der Waals surface area contributed by atoms with E-state index in [4.69, 9.17) is 4.74 Å². The molecule has 0 bridgehead atoms. The van der Waals surface area contributed by atoms with Crippen LogP contribution in [0, 0.1) is 11.8 Å². The summed E-state index contributed by atoms with van der Waals surface area (Å²) in [4.78, 5) is 14.2. The number of carbonyl (C=O) groups excluding carboxylic acids is 1. The quantitative estimate of drug-likeness (QED) is 0.642. The molecule has 0 aliphatic carbocycles. The van der Waals surface area contributed by atoms with Crippen molar-refractivity contribution >= 4 is 5.91 Å². The van der Waals surface area contributed by atoms with Gasteiger partial charge in [0.15, 0.2) is 0 Å². The van der Waals surface area contributed by atoms with E-state index in [0.29, 0.717) is 30.8 Å². The maximum atomic E-state index is 12.2. The van der Waals surface area contributed by atoms with Gasteiger partial charge in [-0.15, -0.1) is 0 Å². The van der Waals surface area contributed by atoms with Crippen molar-refractivity contribution in [2.24, 2.45) is 11.8 Å². The van der Waals surface area contributed by atoms with Crippen molar-refractivity contribution in [1.29, 1.82) is 0 Å². The Kier molecular flexibility index (Phi) is 7.10. The Balaban J connectivity index is 1.77. The van der Waals surface area contributed by atoms with Crippen molar-refractivity contribution in [3.8, 4) is 0 Å². The monoisotopic (exact) mass is 317 g/mol. The van der Waals surface area contributed by atoms with E-state index in [2.05, 4.69) is 51.1 Å². The molecule has 1 aromatic rings. The zero-order chi connectivity index (χ0) is 16.7. The van der Waals surface area contributed by atoms with E-state index in [1.807, 2.05) is 4.90 Å². The van der Waals surface area contributed by atoms with E-state index in [1.54, 1.807) is 0 Å². The van der Waals surface area contributed by atoms with Gasteiger partial charge >= 0.3 is 0 Å². The maximum absolute atomic E-state index is 12.2. The molecule has 0 unspecified atom stereocenters. The standard InChI is InChI=1S/C20H31NO2/c1-4-5-12-23-13-11-19(22)21-14-18(15-21)20(16(2)3)17-9-7-6-8-10-17/h6-10,16,18,20H,4-5,11-15H2,1-3H3/t20-/m1/s1. The molecule has 0 radical (unpaired) electrons. The highest BCUT2D eigenvalue weighted by atomic mass is 16.5. The fraction of sp³-hybridized carbons (Fsp3) is 0.650.